The van der Waals surface area contributed by atoms with Gasteiger partial charge in [0.05, 0.1) is 11.1 Å². The summed E-state index contributed by atoms with van der Waals surface area (Å²) in [5.41, 5.74) is 0.167. The molecule has 0 atom stereocenters. The van der Waals surface area contributed by atoms with E-state index in [1.165, 1.54) is 24.3 Å². The average Bonchev–Trinajstić information content (AvgIpc) is 2.04. The van der Waals surface area contributed by atoms with Crippen molar-refractivity contribution in [3.63, 3.8) is 0 Å². The summed E-state index contributed by atoms with van der Waals surface area (Å²) in [6.45, 7) is 0. The Morgan fingerprint density at radius 3 is 1.23 bits per heavy atom. The summed E-state index contributed by atoms with van der Waals surface area (Å²) in [7, 11) is 0. The van der Waals surface area contributed by atoms with Crippen molar-refractivity contribution in [2.75, 3.05) is 0 Å². The second-order valence-electron chi connectivity index (χ2n) is 2.19. The topological polar surface area (TPSA) is 74.6 Å². The molecule has 2 N–H and O–H groups in total. The van der Waals surface area contributed by atoms with E-state index in [-0.39, 0.29) is 60.5 Å². The third-order valence-electron chi connectivity index (χ3n) is 1.38. The van der Waals surface area contributed by atoms with Crippen LogP contribution in [0.3, 0.4) is 0 Å². The molecule has 69 valence electrons. The van der Waals surface area contributed by atoms with E-state index in [0.717, 1.165) is 0 Å². The van der Waals surface area contributed by atoms with Crippen molar-refractivity contribution < 1.29 is 69.2 Å². The molecule has 4 nitrogen and oxygen atoms in total. The van der Waals surface area contributed by atoms with E-state index in [4.69, 9.17) is 10.2 Å². The number of benzene rings is 1. The van der Waals surface area contributed by atoms with Crippen LogP contribution in [-0.4, -0.2) is 22.2 Å². The molecule has 13 heavy (non-hydrogen) atoms. The van der Waals surface area contributed by atoms with Gasteiger partial charge >= 0.3 is 11.9 Å². The zero-order chi connectivity index (χ0) is 9.14. The largest absolute Gasteiger partial charge is 0.478 e. The van der Waals surface area contributed by atoms with Gasteiger partial charge in [0.15, 0.2) is 0 Å². The van der Waals surface area contributed by atoms with Crippen LogP contribution >= 0.6 is 0 Å². The van der Waals surface area contributed by atoms with Gasteiger partial charge in [-0.1, -0.05) is 0 Å². The minimum atomic E-state index is -1.06. The summed E-state index contributed by atoms with van der Waals surface area (Å²) in [5.74, 6) is -2.13. The summed E-state index contributed by atoms with van der Waals surface area (Å²) in [6.07, 6.45) is 0. The average molecular weight is 318 g/mol. The fraction of sp³-hybridized carbons (Fsp3) is 0. The maximum atomic E-state index is 10.3. The number of aromatic carboxylic acids is 2. The number of rotatable bonds is 2. The molecule has 1 aromatic carbocycles. The van der Waals surface area contributed by atoms with Crippen molar-refractivity contribution in [2.45, 2.75) is 0 Å². The molecule has 0 unspecified atom stereocenters. The first-order valence-corrected chi connectivity index (χ1v) is 3.18. The Morgan fingerprint density at radius 2 is 1.08 bits per heavy atom. The molecule has 0 heterocycles. The van der Waals surface area contributed by atoms with Crippen molar-refractivity contribution in [2.24, 2.45) is 0 Å². The van der Waals surface area contributed by atoms with Crippen LogP contribution in [0.15, 0.2) is 24.3 Å². The van der Waals surface area contributed by atoms with Crippen LogP contribution in [0.4, 0.5) is 0 Å². The van der Waals surface area contributed by atoms with Crippen LogP contribution in [0.25, 0.3) is 0 Å². The van der Waals surface area contributed by atoms with E-state index in [0.29, 0.717) is 0 Å². The van der Waals surface area contributed by atoms with Gasteiger partial charge in [-0.15, -0.1) is 0 Å². The molecular weight excluding hydrogens is 312 g/mol. The minimum absolute atomic E-state index is 0. The molecule has 0 aliphatic rings. The van der Waals surface area contributed by atoms with Crippen molar-refractivity contribution in [3.8, 4) is 0 Å². The number of carboxylic acid groups (broad SMARTS) is 2. The van der Waals surface area contributed by atoms with Gasteiger partial charge in [0.2, 0.25) is 0 Å². The second-order valence-corrected chi connectivity index (χ2v) is 2.19. The molecule has 0 saturated carbocycles. The summed E-state index contributed by atoms with van der Waals surface area (Å²) in [5, 5.41) is 16.9. The predicted octanol–water partition coefficient (Wildman–Crippen LogP) is 1.08. The van der Waals surface area contributed by atoms with Crippen LogP contribution < -0.4 is 0 Å². The summed E-state index contributed by atoms with van der Waals surface area (Å²) < 4.78 is 0. The van der Waals surface area contributed by atoms with Crippen LogP contribution in [0.5, 0.6) is 0 Å². The number of hydrogen-bond donors (Lipinski definition) is 2. The molecule has 1 aromatic rings. The summed E-state index contributed by atoms with van der Waals surface area (Å²) >= 11 is 0. The fourth-order valence-electron chi connectivity index (χ4n) is 0.755. The third-order valence-corrected chi connectivity index (χ3v) is 1.38. The van der Waals surface area contributed by atoms with E-state index < -0.39 is 11.9 Å². The van der Waals surface area contributed by atoms with Crippen LogP contribution in [0.1, 0.15) is 20.7 Å². The Kier molecular flexibility index (Phi) is 5.36. The predicted molar refractivity (Wildman–Crippen MR) is 40.4 cm³/mol. The quantitative estimate of drug-likeness (QED) is 0.856. The summed E-state index contributed by atoms with van der Waals surface area (Å²) in [6, 6.07) is 5.02. The monoisotopic (exact) mass is 319 g/mol. The van der Waals surface area contributed by atoms with Crippen LogP contribution in [0, 0.1) is 49.4 Å². The normalized spacial score (nSPS) is 8.62. The van der Waals surface area contributed by atoms with Crippen LogP contribution in [-0.2, 0) is 0 Å². The van der Waals surface area contributed by atoms with Gasteiger partial charge in [0, 0.05) is 49.4 Å². The number of carboxylic acids is 2. The molecule has 0 spiro atoms. The van der Waals surface area contributed by atoms with Gasteiger partial charge in [0.1, 0.15) is 0 Å². The maximum Gasteiger partial charge on any atom is 0.335 e. The molecule has 1 radical (unpaired) electrons. The molecule has 0 aromatic heterocycles. The first-order chi connectivity index (χ1) is 5.61. The Bertz CT molecular complexity index is 284. The third kappa shape index (κ3) is 3.54. The summed E-state index contributed by atoms with van der Waals surface area (Å²) in [4.78, 5) is 20.7. The van der Waals surface area contributed by atoms with Gasteiger partial charge in [-0.05, 0) is 24.3 Å². The van der Waals surface area contributed by atoms with Gasteiger partial charge in [-0.2, -0.15) is 0 Å². The van der Waals surface area contributed by atoms with E-state index in [2.05, 4.69) is 0 Å². The van der Waals surface area contributed by atoms with Gasteiger partial charge < -0.3 is 10.2 Å². The Morgan fingerprint density at radius 1 is 0.846 bits per heavy atom. The van der Waals surface area contributed by atoms with Crippen molar-refractivity contribution >= 4 is 11.9 Å². The molecule has 0 fully saturated rings. The molecule has 0 aliphatic carbocycles. The van der Waals surface area contributed by atoms with Crippen molar-refractivity contribution in [1.82, 2.24) is 0 Å². The van der Waals surface area contributed by atoms with E-state index in [1.807, 2.05) is 0 Å². The smallest absolute Gasteiger partial charge is 0.335 e. The maximum absolute atomic E-state index is 10.3. The van der Waals surface area contributed by atoms with Gasteiger partial charge in [-0.25, -0.2) is 9.59 Å². The van der Waals surface area contributed by atoms with Crippen molar-refractivity contribution in [1.29, 1.82) is 0 Å². The van der Waals surface area contributed by atoms with E-state index >= 15 is 0 Å². The first-order valence-electron chi connectivity index (χ1n) is 3.18. The molecular formula is C8H6EuO4. The van der Waals surface area contributed by atoms with Crippen molar-refractivity contribution in [3.05, 3.63) is 35.4 Å². The fourth-order valence-corrected chi connectivity index (χ4v) is 0.755. The molecule has 1 rings (SSSR count). The number of carbonyl (C=O) groups is 2. The first kappa shape index (κ1) is 12.7. The number of hydrogen-bond acceptors (Lipinski definition) is 2. The second kappa shape index (κ2) is 5.47. The van der Waals surface area contributed by atoms with Crippen LogP contribution in [0.2, 0.25) is 0 Å². The molecule has 0 saturated heterocycles. The van der Waals surface area contributed by atoms with E-state index in [1.54, 1.807) is 0 Å². The molecule has 0 aliphatic heterocycles. The molecule has 0 bridgehead atoms. The SMILES string of the molecule is O=C(O)c1ccc(C(=O)O)cc1.[Eu]. The minimum Gasteiger partial charge on any atom is -0.478 e. The standard InChI is InChI=1S/C8H6O4.Eu/c9-7(10)5-1-2-6(4-3-5)8(11)12;/h1-4H,(H,9,10)(H,11,12);. The zero-order valence-electron chi connectivity index (χ0n) is 6.40. The van der Waals surface area contributed by atoms with Gasteiger partial charge in [-0.3, -0.25) is 0 Å². The zero-order valence-corrected chi connectivity index (χ0v) is 8.82. The Hall–Kier alpha value is -0.256. The Balaban J connectivity index is 0.00000144. The molecule has 5 heteroatoms. The molecule has 0 amide bonds. The van der Waals surface area contributed by atoms with Gasteiger partial charge in [0.25, 0.3) is 0 Å². The van der Waals surface area contributed by atoms with E-state index in [9.17, 15) is 9.59 Å². The Labute approximate surface area is 115 Å².